The molecule has 1 fully saturated rings. The Bertz CT molecular complexity index is 534. The maximum Gasteiger partial charge on any atom is 0.262 e. The van der Waals surface area contributed by atoms with Crippen molar-refractivity contribution in [1.29, 1.82) is 0 Å². The molecular formula is C11H19ClN4O2S. The number of nitrogens with two attached hydrogens (primary N) is 1. The van der Waals surface area contributed by atoms with Crippen LogP contribution >= 0.6 is 12.4 Å². The first-order valence-electron chi connectivity index (χ1n) is 6.39. The van der Waals surface area contributed by atoms with Gasteiger partial charge in [0.15, 0.2) is 5.03 Å². The van der Waals surface area contributed by atoms with Crippen LogP contribution < -0.4 is 5.73 Å². The lowest BCUT2D eigenvalue weighted by molar-refractivity contribution is 0.469. The summed E-state index contributed by atoms with van der Waals surface area (Å²) in [6.45, 7) is 1.79. The van der Waals surface area contributed by atoms with Crippen molar-refractivity contribution in [3.63, 3.8) is 0 Å². The Morgan fingerprint density at radius 1 is 1.32 bits per heavy atom. The molecule has 2 N–H and O–H groups in total. The molecule has 0 unspecified atom stereocenters. The molecule has 108 valence electrons. The molecule has 3 rings (SSSR count). The lowest BCUT2D eigenvalue weighted by Gasteiger charge is -2.13. The van der Waals surface area contributed by atoms with Gasteiger partial charge < -0.3 is 10.3 Å². The highest BCUT2D eigenvalue weighted by molar-refractivity contribution is 7.89. The quantitative estimate of drug-likeness (QED) is 0.855. The Morgan fingerprint density at radius 2 is 2.11 bits per heavy atom. The molecule has 2 aliphatic rings. The molecule has 0 saturated carbocycles. The minimum atomic E-state index is -3.44. The summed E-state index contributed by atoms with van der Waals surface area (Å²) in [6.07, 6.45) is 5.46. The monoisotopic (exact) mass is 306 g/mol. The molecule has 0 amide bonds. The van der Waals surface area contributed by atoms with Crippen molar-refractivity contribution in [3.05, 3.63) is 12.0 Å². The molecule has 8 heteroatoms. The minimum absolute atomic E-state index is 0. The first-order valence-corrected chi connectivity index (χ1v) is 7.83. The second kappa shape index (κ2) is 5.40. The van der Waals surface area contributed by atoms with Crippen molar-refractivity contribution in [2.24, 2.45) is 5.73 Å². The molecule has 0 bridgehead atoms. The van der Waals surface area contributed by atoms with Crippen molar-refractivity contribution < 1.29 is 8.42 Å². The molecule has 1 saturated heterocycles. The maximum atomic E-state index is 12.4. The fraction of sp³-hybridized carbons (Fsp3) is 0.727. The molecular weight excluding hydrogens is 288 g/mol. The van der Waals surface area contributed by atoms with Crippen LogP contribution in [0.5, 0.6) is 0 Å². The second-order valence-electron chi connectivity index (χ2n) is 5.06. The predicted octanol–water partition coefficient (Wildman–Crippen LogP) is 0.363. The summed E-state index contributed by atoms with van der Waals surface area (Å²) in [5, 5.41) is 0.188. The van der Waals surface area contributed by atoms with E-state index in [0.717, 1.165) is 38.1 Å². The predicted molar refractivity (Wildman–Crippen MR) is 73.8 cm³/mol. The fourth-order valence-corrected chi connectivity index (χ4v) is 4.09. The van der Waals surface area contributed by atoms with Crippen molar-refractivity contribution in [2.75, 3.05) is 13.1 Å². The van der Waals surface area contributed by atoms with Gasteiger partial charge >= 0.3 is 0 Å². The van der Waals surface area contributed by atoms with E-state index >= 15 is 0 Å². The summed E-state index contributed by atoms with van der Waals surface area (Å²) < 4.78 is 28.2. The largest absolute Gasteiger partial charge is 0.333 e. The highest BCUT2D eigenvalue weighted by Crippen LogP contribution is 2.22. The number of aromatic nitrogens is 2. The Kier molecular flexibility index (Phi) is 4.20. The average molecular weight is 307 g/mol. The number of nitrogens with zero attached hydrogens (tertiary/aromatic N) is 3. The third-order valence-electron chi connectivity index (χ3n) is 3.68. The molecule has 3 heterocycles. The van der Waals surface area contributed by atoms with Gasteiger partial charge in [-0.05, 0) is 19.3 Å². The van der Waals surface area contributed by atoms with E-state index in [-0.39, 0.29) is 23.5 Å². The number of halogens is 1. The van der Waals surface area contributed by atoms with Crippen LogP contribution in [0.25, 0.3) is 0 Å². The maximum absolute atomic E-state index is 12.4. The van der Waals surface area contributed by atoms with Gasteiger partial charge in [0.1, 0.15) is 5.82 Å². The summed E-state index contributed by atoms with van der Waals surface area (Å²) in [4.78, 5) is 4.28. The summed E-state index contributed by atoms with van der Waals surface area (Å²) in [5.41, 5.74) is 5.77. The van der Waals surface area contributed by atoms with Crippen molar-refractivity contribution in [3.8, 4) is 0 Å². The summed E-state index contributed by atoms with van der Waals surface area (Å²) in [5.74, 6) is 0.892. The van der Waals surface area contributed by atoms with Gasteiger partial charge in [0, 0.05) is 38.3 Å². The lowest BCUT2D eigenvalue weighted by Crippen LogP contribution is -2.32. The van der Waals surface area contributed by atoms with Gasteiger partial charge in [-0.2, -0.15) is 4.31 Å². The zero-order chi connectivity index (χ0) is 12.8. The zero-order valence-corrected chi connectivity index (χ0v) is 12.3. The van der Waals surface area contributed by atoms with Crippen LogP contribution in [0.3, 0.4) is 0 Å². The van der Waals surface area contributed by atoms with Crippen LogP contribution in [-0.4, -0.2) is 41.4 Å². The molecule has 0 radical (unpaired) electrons. The van der Waals surface area contributed by atoms with Crippen LogP contribution in [-0.2, 0) is 23.0 Å². The van der Waals surface area contributed by atoms with E-state index in [0.29, 0.717) is 13.1 Å². The number of imidazole rings is 1. The van der Waals surface area contributed by atoms with E-state index < -0.39 is 10.0 Å². The fourth-order valence-electron chi connectivity index (χ4n) is 2.62. The van der Waals surface area contributed by atoms with Crippen molar-refractivity contribution in [2.45, 2.75) is 43.3 Å². The Labute approximate surface area is 119 Å². The van der Waals surface area contributed by atoms with Crippen LogP contribution in [0, 0.1) is 0 Å². The minimum Gasteiger partial charge on any atom is -0.333 e. The molecule has 0 aliphatic carbocycles. The molecule has 6 nitrogen and oxygen atoms in total. The highest BCUT2D eigenvalue weighted by atomic mass is 35.5. The van der Waals surface area contributed by atoms with E-state index in [1.807, 2.05) is 4.57 Å². The Balaban J connectivity index is 0.00000133. The molecule has 0 aromatic carbocycles. The standard InChI is InChI=1S/C11H18N4O2S.ClH/c12-9-4-6-15(7-9)18(16,17)11-8-14-5-2-1-3-10(14)13-11;/h8-9H,1-7,12H2;1H/t9-;/m1./s1. The topological polar surface area (TPSA) is 81.2 Å². The number of aryl methyl sites for hydroxylation is 2. The van der Waals surface area contributed by atoms with E-state index in [4.69, 9.17) is 5.73 Å². The van der Waals surface area contributed by atoms with Crippen LogP contribution in [0.1, 0.15) is 25.1 Å². The first-order chi connectivity index (χ1) is 8.57. The normalized spacial score (nSPS) is 23.9. The molecule has 19 heavy (non-hydrogen) atoms. The van der Waals surface area contributed by atoms with Crippen molar-refractivity contribution in [1.82, 2.24) is 13.9 Å². The van der Waals surface area contributed by atoms with Gasteiger partial charge in [0.05, 0.1) is 0 Å². The first kappa shape index (κ1) is 14.8. The average Bonchev–Trinajstić information content (AvgIpc) is 2.94. The van der Waals surface area contributed by atoms with E-state index in [9.17, 15) is 8.42 Å². The van der Waals surface area contributed by atoms with Gasteiger partial charge in [0.2, 0.25) is 0 Å². The van der Waals surface area contributed by atoms with Gasteiger partial charge in [-0.3, -0.25) is 0 Å². The number of hydrogen-bond donors (Lipinski definition) is 1. The third-order valence-corrected chi connectivity index (χ3v) is 5.41. The number of fused-ring (bicyclic) bond motifs is 1. The summed E-state index contributed by atoms with van der Waals surface area (Å²) in [7, 11) is -3.44. The molecule has 1 aromatic heterocycles. The van der Waals surface area contributed by atoms with E-state index in [2.05, 4.69) is 4.98 Å². The highest BCUT2D eigenvalue weighted by Gasteiger charge is 2.33. The van der Waals surface area contributed by atoms with Crippen LogP contribution in [0.2, 0.25) is 0 Å². The number of rotatable bonds is 2. The van der Waals surface area contributed by atoms with Crippen molar-refractivity contribution >= 4 is 22.4 Å². The van der Waals surface area contributed by atoms with Crippen LogP contribution in [0.4, 0.5) is 0 Å². The van der Waals surface area contributed by atoms with Crippen LogP contribution in [0.15, 0.2) is 11.2 Å². The molecule has 2 aliphatic heterocycles. The summed E-state index contributed by atoms with van der Waals surface area (Å²) in [6, 6.07) is -0.0444. The molecule has 1 atom stereocenters. The van der Waals surface area contributed by atoms with E-state index in [1.54, 1.807) is 6.20 Å². The SMILES string of the molecule is Cl.N[C@@H]1CCN(S(=O)(=O)c2cn3c(n2)CCCC3)C1. The molecule has 1 aromatic rings. The van der Waals surface area contributed by atoms with Gasteiger partial charge in [-0.15, -0.1) is 12.4 Å². The Morgan fingerprint density at radius 3 is 2.74 bits per heavy atom. The smallest absolute Gasteiger partial charge is 0.262 e. The lowest BCUT2D eigenvalue weighted by atomic mass is 10.2. The third kappa shape index (κ3) is 2.65. The van der Waals surface area contributed by atoms with E-state index in [1.165, 1.54) is 4.31 Å². The Hall–Kier alpha value is -0.630. The van der Waals surface area contributed by atoms with Gasteiger partial charge in [-0.25, -0.2) is 13.4 Å². The zero-order valence-electron chi connectivity index (χ0n) is 10.7. The number of hydrogen-bond acceptors (Lipinski definition) is 4. The molecule has 0 spiro atoms. The number of sulfonamides is 1. The van der Waals surface area contributed by atoms with Gasteiger partial charge in [0.25, 0.3) is 10.0 Å². The van der Waals surface area contributed by atoms with Gasteiger partial charge in [-0.1, -0.05) is 0 Å². The summed E-state index contributed by atoms with van der Waals surface area (Å²) >= 11 is 0. The second-order valence-corrected chi connectivity index (χ2v) is 6.94.